The second kappa shape index (κ2) is 13.8. The van der Waals surface area contributed by atoms with E-state index in [1.807, 2.05) is 48.7 Å². The first-order chi connectivity index (χ1) is 19.8. The SMILES string of the molecule is CSN.NC(=O)C(=O)C(Cc1ccccc1)NC(=O)c1nsnc1-c1ccc2c(c1)C(=O)N(Cc1ccccc1)C2. The Morgan fingerprint density at radius 1 is 1.00 bits per heavy atom. The maximum Gasteiger partial charge on any atom is 0.287 e. The summed E-state index contributed by atoms with van der Waals surface area (Å²) in [6, 6.07) is 22.9. The number of nitrogens with zero attached hydrogens (tertiary/aromatic N) is 3. The zero-order valence-electron chi connectivity index (χ0n) is 22.2. The van der Waals surface area contributed by atoms with Gasteiger partial charge in [0.05, 0.1) is 11.7 Å². The highest BCUT2D eigenvalue weighted by Gasteiger charge is 2.30. The predicted octanol–water partition coefficient (Wildman–Crippen LogP) is 2.98. The number of nitrogens with two attached hydrogens (primary N) is 2. The Balaban J connectivity index is 0.00000124. The minimum atomic E-state index is -1.16. The largest absolute Gasteiger partial charge is 0.363 e. The van der Waals surface area contributed by atoms with Crippen molar-refractivity contribution in [3.05, 3.63) is 107 Å². The van der Waals surface area contributed by atoms with Crippen LogP contribution in [0.15, 0.2) is 78.9 Å². The third kappa shape index (κ3) is 7.23. The second-order valence-corrected chi connectivity index (χ2v) is 10.2. The van der Waals surface area contributed by atoms with Crippen molar-refractivity contribution in [1.29, 1.82) is 0 Å². The predicted molar refractivity (Wildman–Crippen MR) is 159 cm³/mol. The highest BCUT2D eigenvalue weighted by Crippen LogP contribution is 2.30. The standard InChI is InChI=1S/C28H23N5O4S.CH5NS/c29-26(35)25(34)22(13-17-7-3-1-4-8-17)30-27(36)24-23(31-38-32-24)19-11-12-20-16-33(28(37)21(20)14-19)15-18-9-5-2-6-10-18;1-3-2/h1-12,14,22H,13,15-16H2,(H2,29,35)(H,30,36);2H2,1H3. The van der Waals surface area contributed by atoms with Crippen molar-refractivity contribution in [1.82, 2.24) is 19.0 Å². The topological polar surface area (TPSA) is 161 Å². The van der Waals surface area contributed by atoms with Gasteiger partial charge in [-0.25, -0.2) is 0 Å². The molecule has 0 aliphatic carbocycles. The molecule has 1 aromatic heterocycles. The zero-order valence-corrected chi connectivity index (χ0v) is 23.8. The van der Waals surface area contributed by atoms with Crippen LogP contribution in [0.1, 0.15) is 37.5 Å². The molecule has 0 spiro atoms. The van der Waals surface area contributed by atoms with Crippen molar-refractivity contribution in [2.45, 2.75) is 25.6 Å². The van der Waals surface area contributed by atoms with Crippen LogP contribution in [0.2, 0.25) is 0 Å². The molecule has 0 radical (unpaired) electrons. The molecule has 41 heavy (non-hydrogen) atoms. The van der Waals surface area contributed by atoms with E-state index in [4.69, 9.17) is 10.9 Å². The number of fused-ring (bicyclic) bond motifs is 1. The number of nitrogens with one attached hydrogen (secondary N) is 1. The van der Waals surface area contributed by atoms with Crippen molar-refractivity contribution in [3.63, 3.8) is 0 Å². The van der Waals surface area contributed by atoms with Gasteiger partial charge in [0, 0.05) is 30.6 Å². The molecule has 210 valence electrons. The minimum absolute atomic E-state index is 0.00290. The summed E-state index contributed by atoms with van der Waals surface area (Å²) in [7, 11) is 0. The van der Waals surface area contributed by atoms with Crippen LogP contribution < -0.4 is 16.2 Å². The normalized spacial score (nSPS) is 12.6. The van der Waals surface area contributed by atoms with E-state index >= 15 is 0 Å². The lowest BCUT2D eigenvalue weighted by Gasteiger charge is -2.16. The molecule has 0 fully saturated rings. The summed E-state index contributed by atoms with van der Waals surface area (Å²) in [6.07, 6.45) is 1.91. The van der Waals surface area contributed by atoms with Crippen LogP contribution in [-0.4, -0.2) is 49.4 Å². The Kier molecular flexibility index (Phi) is 9.95. The fourth-order valence-corrected chi connectivity index (χ4v) is 4.99. The molecule has 0 saturated carbocycles. The van der Waals surface area contributed by atoms with E-state index in [1.54, 1.807) is 41.3 Å². The Morgan fingerprint density at radius 3 is 2.27 bits per heavy atom. The van der Waals surface area contributed by atoms with Gasteiger partial charge in [-0.05, 0) is 29.0 Å². The van der Waals surface area contributed by atoms with Gasteiger partial charge >= 0.3 is 0 Å². The molecule has 3 aromatic carbocycles. The molecule has 3 amide bonds. The number of hydrogen-bond acceptors (Lipinski definition) is 9. The molecule has 5 rings (SSSR count). The average molecular weight is 589 g/mol. The van der Waals surface area contributed by atoms with E-state index in [-0.39, 0.29) is 23.7 Å². The van der Waals surface area contributed by atoms with Gasteiger partial charge in [-0.3, -0.25) is 24.3 Å². The highest BCUT2D eigenvalue weighted by atomic mass is 32.2. The van der Waals surface area contributed by atoms with Gasteiger partial charge in [-0.2, -0.15) is 8.75 Å². The number of ketones is 1. The number of amides is 3. The van der Waals surface area contributed by atoms with Crippen LogP contribution in [0, 0.1) is 0 Å². The number of Topliss-reactive ketones (excluding diaryl/α,β-unsaturated/α-hetero) is 1. The summed E-state index contributed by atoms with van der Waals surface area (Å²) < 4.78 is 8.42. The fourth-order valence-electron chi connectivity index (χ4n) is 4.42. The third-order valence-electron chi connectivity index (χ3n) is 6.33. The van der Waals surface area contributed by atoms with Gasteiger partial charge in [-0.1, -0.05) is 84.7 Å². The van der Waals surface area contributed by atoms with Crippen LogP contribution in [-0.2, 0) is 29.1 Å². The number of hydrogen-bond donors (Lipinski definition) is 3. The monoisotopic (exact) mass is 588 g/mol. The van der Waals surface area contributed by atoms with Gasteiger partial charge in [0.15, 0.2) is 5.69 Å². The first-order valence-electron chi connectivity index (χ1n) is 12.5. The van der Waals surface area contributed by atoms with Gasteiger partial charge in [0.1, 0.15) is 11.7 Å². The number of rotatable bonds is 9. The van der Waals surface area contributed by atoms with E-state index < -0.39 is 23.6 Å². The second-order valence-electron chi connectivity index (χ2n) is 9.16. The molecule has 10 nitrogen and oxygen atoms in total. The summed E-state index contributed by atoms with van der Waals surface area (Å²) in [5.74, 6) is -2.81. The van der Waals surface area contributed by atoms with E-state index in [2.05, 4.69) is 14.1 Å². The molecule has 2 heterocycles. The number of aromatic nitrogens is 2. The van der Waals surface area contributed by atoms with Crippen LogP contribution >= 0.6 is 23.7 Å². The highest BCUT2D eigenvalue weighted by molar-refractivity contribution is 7.96. The molecule has 12 heteroatoms. The summed E-state index contributed by atoms with van der Waals surface area (Å²) >= 11 is 2.09. The van der Waals surface area contributed by atoms with E-state index in [1.165, 1.54) is 11.9 Å². The van der Waals surface area contributed by atoms with Crippen molar-refractivity contribution in [2.75, 3.05) is 6.26 Å². The molecule has 0 saturated heterocycles. The van der Waals surface area contributed by atoms with Crippen molar-refractivity contribution in [2.24, 2.45) is 10.9 Å². The van der Waals surface area contributed by atoms with Gasteiger partial charge < -0.3 is 16.0 Å². The molecular weight excluding hydrogens is 560 g/mol. The maximum atomic E-state index is 13.2. The fraction of sp³-hybridized carbons (Fsp3) is 0.172. The first kappa shape index (κ1) is 29.6. The Morgan fingerprint density at radius 2 is 1.63 bits per heavy atom. The lowest BCUT2D eigenvalue weighted by molar-refractivity contribution is -0.137. The lowest BCUT2D eigenvalue weighted by atomic mass is 10.0. The molecule has 1 unspecified atom stereocenters. The summed E-state index contributed by atoms with van der Waals surface area (Å²) in [4.78, 5) is 52.2. The van der Waals surface area contributed by atoms with E-state index in [0.717, 1.165) is 28.4 Å². The van der Waals surface area contributed by atoms with Crippen molar-refractivity contribution < 1.29 is 19.2 Å². The van der Waals surface area contributed by atoms with Gasteiger partial charge in [0.2, 0.25) is 5.78 Å². The molecule has 1 aliphatic rings. The molecular formula is C29H28N6O4S2. The minimum Gasteiger partial charge on any atom is -0.363 e. The molecule has 1 atom stereocenters. The molecule has 4 aromatic rings. The van der Waals surface area contributed by atoms with Crippen molar-refractivity contribution >= 4 is 47.2 Å². The smallest absolute Gasteiger partial charge is 0.287 e. The Bertz CT molecular complexity index is 1550. The lowest BCUT2D eigenvalue weighted by Crippen LogP contribution is -2.47. The number of carbonyl (C=O) groups excluding carboxylic acids is 4. The Hall–Kier alpha value is -4.39. The summed E-state index contributed by atoms with van der Waals surface area (Å²) in [5, 5.41) is 7.36. The van der Waals surface area contributed by atoms with Crippen molar-refractivity contribution in [3.8, 4) is 11.3 Å². The number of carbonyl (C=O) groups is 4. The zero-order chi connectivity index (χ0) is 29.4. The van der Waals surface area contributed by atoms with Crippen LogP contribution in [0.3, 0.4) is 0 Å². The molecule has 1 aliphatic heterocycles. The van der Waals surface area contributed by atoms with Gasteiger partial charge in [0.25, 0.3) is 17.7 Å². The maximum absolute atomic E-state index is 13.2. The van der Waals surface area contributed by atoms with Crippen LogP contribution in [0.5, 0.6) is 0 Å². The molecule has 5 N–H and O–H groups in total. The van der Waals surface area contributed by atoms with E-state index in [9.17, 15) is 19.2 Å². The first-order valence-corrected chi connectivity index (χ1v) is 14.5. The summed E-state index contributed by atoms with van der Waals surface area (Å²) in [6.45, 7) is 0.981. The van der Waals surface area contributed by atoms with Crippen LogP contribution in [0.25, 0.3) is 11.3 Å². The number of benzene rings is 3. The quantitative estimate of drug-likeness (QED) is 0.199. The van der Waals surface area contributed by atoms with E-state index in [0.29, 0.717) is 24.2 Å². The molecule has 0 bridgehead atoms. The summed E-state index contributed by atoms with van der Waals surface area (Å²) in [5.41, 5.74) is 9.29. The Labute approximate surface area is 245 Å². The third-order valence-corrected chi connectivity index (χ3v) is 6.86. The average Bonchev–Trinajstić information content (AvgIpc) is 3.59. The van der Waals surface area contributed by atoms with Crippen LogP contribution in [0.4, 0.5) is 0 Å². The number of primary amides is 1. The van der Waals surface area contributed by atoms with Gasteiger partial charge in [-0.15, -0.1) is 0 Å².